The third kappa shape index (κ3) is 3.40. The predicted molar refractivity (Wildman–Crippen MR) is 109 cm³/mol. The summed E-state index contributed by atoms with van der Waals surface area (Å²) in [4.78, 5) is 0. The summed E-state index contributed by atoms with van der Waals surface area (Å²) in [5.41, 5.74) is 3.04. The standard InChI is InChI=1S/C23H27P/c1-17(2)21-15-10-16-22(18(3)4)23(21)24(20-13-8-9-14-20)19-11-6-5-7-12-19/h5-13,15-18H,14H2,1-4H3. The first-order valence-electron chi connectivity index (χ1n) is 8.93. The molecule has 0 aliphatic heterocycles. The van der Waals surface area contributed by atoms with Crippen molar-refractivity contribution in [2.75, 3.05) is 0 Å². The molecular weight excluding hydrogens is 307 g/mol. The second-order valence-electron chi connectivity index (χ2n) is 7.06. The van der Waals surface area contributed by atoms with Crippen molar-refractivity contribution in [1.82, 2.24) is 0 Å². The van der Waals surface area contributed by atoms with Crippen molar-refractivity contribution in [3.8, 4) is 0 Å². The van der Waals surface area contributed by atoms with Crippen LogP contribution in [0.4, 0.5) is 0 Å². The maximum absolute atomic E-state index is 2.35. The fraction of sp³-hybridized carbons (Fsp3) is 0.304. The van der Waals surface area contributed by atoms with E-state index in [0.717, 1.165) is 6.42 Å². The molecule has 0 N–H and O–H groups in total. The molecular formula is C23H27P. The van der Waals surface area contributed by atoms with Gasteiger partial charge in [0.15, 0.2) is 0 Å². The lowest BCUT2D eigenvalue weighted by molar-refractivity contribution is 0.846. The molecule has 1 aliphatic carbocycles. The molecule has 0 saturated carbocycles. The molecule has 3 rings (SSSR count). The molecule has 0 fully saturated rings. The van der Waals surface area contributed by atoms with Crippen molar-refractivity contribution in [3.63, 3.8) is 0 Å². The minimum Gasteiger partial charge on any atom is -0.0801 e. The third-order valence-electron chi connectivity index (χ3n) is 4.62. The van der Waals surface area contributed by atoms with Gasteiger partial charge in [-0.2, -0.15) is 0 Å². The second kappa shape index (κ2) is 7.49. The van der Waals surface area contributed by atoms with Crippen LogP contribution in [0.15, 0.2) is 72.1 Å². The summed E-state index contributed by atoms with van der Waals surface area (Å²) in [5.74, 6) is 1.09. The highest BCUT2D eigenvalue weighted by atomic mass is 31.1. The van der Waals surface area contributed by atoms with E-state index >= 15 is 0 Å². The quantitative estimate of drug-likeness (QED) is 0.570. The highest BCUT2D eigenvalue weighted by molar-refractivity contribution is 7.77. The SMILES string of the molecule is CC(C)c1cccc(C(C)C)c1P(C1=CC=CC1)c1ccccc1. The van der Waals surface area contributed by atoms with E-state index in [0.29, 0.717) is 11.8 Å². The van der Waals surface area contributed by atoms with Gasteiger partial charge in [0.05, 0.1) is 0 Å². The van der Waals surface area contributed by atoms with Crippen LogP contribution in [-0.2, 0) is 0 Å². The van der Waals surface area contributed by atoms with Gasteiger partial charge in [-0.1, -0.05) is 94.5 Å². The largest absolute Gasteiger partial charge is 0.0801 e. The molecule has 1 heteroatoms. The number of benzene rings is 2. The van der Waals surface area contributed by atoms with Crippen LogP contribution in [0.25, 0.3) is 0 Å². The minimum absolute atomic E-state index is 0.460. The molecule has 0 aromatic heterocycles. The summed E-state index contributed by atoms with van der Waals surface area (Å²) in [6.45, 7) is 9.29. The first-order valence-corrected chi connectivity index (χ1v) is 10.3. The normalized spacial score (nSPS) is 15.2. The molecule has 1 atom stereocenters. The summed E-state index contributed by atoms with van der Waals surface area (Å²) in [5, 5.41) is 4.64. The smallest absolute Gasteiger partial charge is 0.00836 e. The Bertz CT molecular complexity index is 725. The molecule has 24 heavy (non-hydrogen) atoms. The average Bonchev–Trinajstić information content (AvgIpc) is 3.10. The van der Waals surface area contributed by atoms with Gasteiger partial charge in [-0.3, -0.25) is 0 Å². The molecule has 0 spiro atoms. The fourth-order valence-electron chi connectivity index (χ4n) is 3.39. The van der Waals surface area contributed by atoms with Crippen LogP contribution in [0.5, 0.6) is 0 Å². The summed E-state index contributed by atoms with van der Waals surface area (Å²) < 4.78 is 0. The van der Waals surface area contributed by atoms with Crippen LogP contribution in [-0.4, -0.2) is 0 Å². The van der Waals surface area contributed by atoms with Gasteiger partial charge in [-0.25, -0.2) is 0 Å². The lowest BCUT2D eigenvalue weighted by Gasteiger charge is -2.28. The lowest BCUT2D eigenvalue weighted by Crippen LogP contribution is -2.22. The Hall–Kier alpha value is -1.65. The summed E-state index contributed by atoms with van der Waals surface area (Å²) in [7, 11) is -0.460. The molecule has 124 valence electrons. The van der Waals surface area contributed by atoms with Crippen molar-refractivity contribution in [2.24, 2.45) is 0 Å². The summed E-state index contributed by atoms with van der Waals surface area (Å²) in [6, 6.07) is 18.0. The van der Waals surface area contributed by atoms with Crippen LogP contribution in [0, 0.1) is 0 Å². The Morgan fingerprint density at radius 3 is 1.92 bits per heavy atom. The minimum atomic E-state index is -0.460. The maximum Gasteiger partial charge on any atom is -0.00836 e. The van der Waals surface area contributed by atoms with Crippen LogP contribution >= 0.6 is 7.92 Å². The van der Waals surface area contributed by atoms with Gasteiger partial charge in [-0.15, -0.1) is 0 Å². The van der Waals surface area contributed by atoms with Crippen LogP contribution in [0.3, 0.4) is 0 Å². The lowest BCUT2D eigenvalue weighted by atomic mass is 9.95. The van der Waals surface area contributed by atoms with E-state index in [1.54, 1.807) is 10.6 Å². The van der Waals surface area contributed by atoms with Crippen molar-refractivity contribution in [1.29, 1.82) is 0 Å². The molecule has 0 radical (unpaired) electrons. The number of hydrogen-bond donors (Lipinski definition) is 0. The van der Waals surface area contributed by atoms with Gasteiger partial charge in [0.1, 0.15) is 0 Å². The Morgan fingerprint density at radius 1 is 0.792 bits per heavy atom. The number of hydrogen-bond acceptors (Lipinski definition) is 0. The molecule has 0 amide bonds. The van der Waals surface area contributed by atoms with Gasteiger partial charge < -0.3 is 0 Å². The Morgan fingerprint density at radius 2 is 1.42 bits per heavy atom. The zero-order chi connectivity index (χ0) is 17.1. The van der Waals surface area contributed by atoms with Gasteiger partial charge >= 0.3 is 0 Å². The highest BCUT2D eigenvalue weighted by Crippen LogP contribution is 2.49. The van der Waals surface area contributed by atoms with Gasteiger partial charge in [-0.05, 0) is 53.2 Å². The molecule has 1 aliphatic rings. The van der Waals surface area contributed by atoms with E-state index < -0.39 is 7.92 Å². The summed E-state index contributed by atoms with van der Waals surface area (Å²) in [6.07, 6.45) is 7.95. The third-order valence-corrected chi connectivity index (χ3v) is 7.30. The van der Waals surface area contributed by atoms with Crippen molar-refractivity contribution >= 4 is 18.5 Å². The highest BCUT2D eigenvalue weighted by Gasteiger charge is 2.26. The van der Waals surface area contributed by atoms with Gasteiger partial charge in [0.2, 0.25) is 0 Å². The Balaban J connectivity index is 2.25. The number of allylic oxidation sites excluding steroid dienone is 4. The van der Waals surface area contributed by atoms with E-state index in [2.05, 4.69) is 94.5 Å². The molecule has 0 saturated heterocycles. The second-order valence-corrected chi connectivity index (χ2v) is 9.26. The van der Waals surface area contributed by atoms with Crippen LogP contribution in [0.1, 0.15) is 57.1 Å². The molecule has 0 heterocycles. The zero-order valence-corrected chi connectivity index (χ0v) is 16.1. The van der Waals surface area contributed by atoms with E-state index in [9.17, 15) is 0 Å². The topological polar surface area (TPSA) is 0 Å². The maximum atomic E-state index is 2.35. The Labute approximate surface area is 148 Å². The zero-order valence-electron chi connectivity index (χ0n) is 15.2. The van der Waals surface area contributed by atoms with Gasteiger partial charge in [0.25, 0.3) is 0 Å². The Kier molecular flexibility index (Phi) is 5.36. The number of rotatable bonds is 5. The summed E-state index contributed by atoms with van der Waals surface area (Å²) >= 11 is 0. The molecule has 0 nitrogen and oxygen atoms in total. The van der Waals surface area contributed by atoms with E-state index in [4.69, 9.17) is 0 Å². The first-order chi connectivity index (χ1) is 11.6. The van der Waals surface area contributed by atoms with Crippen LogP contribution < -0.4 is 10.6 Å². The predicted octanol–water partition coefficient (Wildman–Crippen LogP) is 6.21. The molecule has 0 bridgehead atoms. The fourth-order valence-corrected chi connectivity index (χ4v) is 6.44. The molecule has 2 aromatic rings. The van der Waals surface area contributed by atoms with E-state index in [1.165, 1.54) is 16.4 Å². The van der Waals surface area contributed by atoms with E-state index in [-0.39, 0.29) is 0 Å². The first kappa shape index (κ1) is 17.2. The molecule has 1 unspecified atom stereocenters. The van der Waals surface area contributed by atoms with Crippen molar-refractivity contribution in [2.45, 2.75) is 46.0 Å². The monoisotopic (exact) mass is 334 g/mol. The van der Waals surface area contributed by atoms with Gasteiger partial charge in [0, 0.05) is 0 Å². The van der Waals surface area contributed by atoms with Crippen molar-refractivity contribution in [3.05, 3.63) is 83.2 Å². The molecule has 2 aromatic carbocycles. The van der Waals surface area contributed by atoms with Crippen molar-refractivity contribution < 1.29 is 0 Å². The average molecular weight is 334 g/mol. The van der Waals surface area contributed by atoms with E-state index in [1.807, 2.05) is 0 Å². The van der Waals surface area contributed by atoms with Crippen LogP contribution in [0.2, 0.25) is 0 Å².